The highest BCUT2D eigenvalue weighted by atomic mass is 16.5. The molecule has 0 saturated carbocycles. The third kappa shape index (κ3) is 3.86. The van der Waals surface area contributed by atoms with Crippen molar-refractivity contribution in [1.29, 1.82) is 5.26 Å². The molecule has 116 valence electrons. The third-order valence-electron chi connectivity index (χ3n) is 3.75. The second-order valence-electron chi connectivity index (χ2n) is 5.27. The molecule has 0 bridgehead atoms. The number of nitriles is 1. The van der Waals surface area contributed by atoms with E-state index >= 15 is 0 Å². The highest BCUT2D eigenvalue weighted by Crippen LogP contribution is 2.25. The zero-order chi connectivity index (χ0) is 15.9. The largest absolute Gasteiger partial charge is 0.496 e. The van der Waals surface area contributed by atoms with Crippen LogP contribution in [0.25, 0.3) is 5.57 Å². The SMILES string of the molecule is COc1ccccc1/C(C)=C/C(=O)N[C@H](C#N)[C@H]1CCOC1. The van der Waals surface area contributed by atoms with Crippen LogP contribution in [0.2, 0.25) is 0 Å². The third-order valence-corrected chi connectivity index (χ3v) is 3.75. The van der Waals surface area contributed by atoms with Crippen LogP contribution in [0.1, 0.15) is 18.9 Å². The summed E-state index contributed by atoms with van der Waals surface area (Å²) < 4.78 is 10.6. The van der Waals surface area contributed by atoms with E-state index in [1.807, 2.05) is 31.2 Å². The summed E-state index contributed by atoms with van der Waals surface area (Å²) in [6.45, 7) is 3.01. The minimum absolute atomic E-state index is 0.0638. The normalized spacial score (nSPS) is 19.3. The number of carbonyl (C=O) groups is 1. The van der Waals surface area contributed by atoms with E-state index in [-0.39, 0.29) is 11.8 Å². The van der Waals surface area contributed by atoms with Gasteiger partial charge in [-0.3, -0.25) is 4.79 Å². The lowest BCUT2D eigenvalue weighted by atomic mass is 10.00. The maximum absolute atomic E-state index is 12.1. The van der Waals surface area contributed by atoms with Gasteiger partial charge < -0.3 is 14.8 Å². The van der Waals surface area contributed by atoms with Crippen LogP contribution in [-0.2, 0) is 9.53 Å². The summed E-state index contributed by atoms with van der Waals surface area (Å²) >= 11 is 0. The fourth-order valence-electron chi connectivity index (χ4n) is 2.51. The lowest BCUT2D eigenvalue weighted by Crippen LogP contribution is -2.38. The number of allylic oxidation sites excluding steroid dienone is 1. The predicted octanol–water partition coefficient (Wildman–Crippen LogP) is 2.14. The maximum Gasteiger partial charge on any atom is 0.245 e. The number of carbonyl (C=O) groups excluding carboxylic acids is 1. The molecule has 1 N–H and O–H groups in total. The van der Waals surface area contributed by atoms with E-state index in [0.717, 1.165) is 17.6 Å². The molecule has 0 radical (unpaired) electrons. The average molecular weight is 300 g/mol. The number of hydrogen-bond donors (Lipinski definition) is 1. The zero-order valence-electron chi connectivity index (χ0n) is 12.8. The van der Waals surface area contributed by atoms with Gasteiger partial charge in [0.15, 0.2) is 0 Å². The maximum atomic E-state index is 12.1. The van der Waals surface area contributed by atoms with Crippen molar-refractivity contribution in [2.75, 3.05) is 20.3 Å². The molecule has 1 fully saturated rings. The first-order chi connectivity index (χ1) is 10.7. The molecule has 22 heavy (non-hydrogen) atoms. The first-order valence-electron chi connectivity index (χ1n) is 7.25. The number of ether oxygens (including phenoxy) is 2. The van der Waals surface area contributed by atoms with Gasteiger partial charge in [-0.25, -0.2) is 0 Å². The minimum Gasteiger partial charge on any atom is -0.496 e. The Morgan fingerprint density at radius 3 is 2.95 bits per heavy atom. The van der Waals surface area contributed by atoms with Crippen molar-refractivity contribution in [3.8, 4) is 11.8 Å². The van der Waals surface area contributed by atoms with Gasteiger partial charge >= 0.3 is 0 Å². The molecule has 0 aliphatic carbocycles. The van der Waals surface area contributed by atoms with Crippen LogP contribution in [-0.4, -0.2) is 32.3 Å². The summed E-state index contributed by atoms with van der Waals surface area (Å²) in [6.07, 6.45) is 2.30. The number of amides is 1. The molecule has 1 heterocycles. The summed E-state index contributed by atoms with van der Waals surface area (Å²) in [5, 5.41) is 12.0. The highest BCUT2D eigenvalue weighted by Gasteiger charge is 2.26. The van der Waals surface area contributed by atoms with Gasteiger partial charge in [-0.15, -0.1) is 0 Å². The first-order valence-corrected chi connectivity index (χ1v) is 7.25. The summed E-state index contributed by atoms with van der Waals surface area (Å²) in [5.74, 6) is 0.501. The van der Waals surface area contributed by atoms with Crippen molar-refractivity contribution in [3.63, 3.8) is 0 Å². The van der Waals surface area contributed by atoms with Crippen LogP contribution >= 0.6 is 0 Å². The van der Waals surface area contributed by atoms with Gasteiger partial charge in [-0.2, -0.15) is 5.26 Å². The Kier molecular flexibility index (Phi) is 5.56. The number of nitrogens with one attached hydrogen (secondary N) is 1. The molecule has 0 aromatic heterocycles. The number of hydrogen-bond acceptors (Lipinski definition) is 4. The Hall–Kier alpha value is -2.32. The van der Waals surface area contributed by atoms with E-state index in [2.05, 4.69) is 11.4 Å². The molecule has 2 atom stereocenters. The fourth-order valence-corrected chi connectivity index (χ4v) is 2.51. The number of benzene rings is 1. The van der Waals surface area contributed by atoms with Crippen LogP contribution < -0.4 is 10.1 Å². The summed E-state index contributed by atoms with van der Waals surface area (Å²) in [4.78, 5) is 12.1. The van der Waals surface area contributed by atoms with Gasteiger partial charge in [0, 0.05) is 24.2 Å². The van der Waals surface area contributed by atoms with Gasteiger partial charge in [-0.05, 0) is 25.0 Å². The zero-order valence-corrected chi connectivity index (χ0v) is 12.8. The summed E-state index contributed by atoms with van der Waals surface area (Å²) in [6, 6.07) is 9.13. The molecule has 0 unspecified atom stereocenters. The monoisotopic (exact) mass is 300 g/mol. The second kappa shape index (κ2) is 7.62. The molecule has 5 nitrogen and oxygen atoms in total. The van der Waals surface area contributed by atoms with Crippen molar-refractivity contribution in [1.82, 2.24) is 5.32 Å². The van der Waals surface area contributed by atoms with Crippen LogP contribution in [0.5, 0.6) is 5.75 Å². The van der Waals surface area contributed by atoms with E-state index in [1.165, 1.54) is 6.08 Å². The molecule has 1 aromatic rings. The Labute approximate surface area is 130 Å². The topological polar surface area (TPSA) is 71.3 Å². The molecule has 1 amide bonds. The number of nitrogens with zero attached hydrogens (tertiary/aromatic N) is 1. The molecule has 0 spiro atoms. The van der Waals surface area contributed by atoms with E-state index in [9.17, 15) is 10.1 Å². The van der Waals surface area contributed by atoms with Crippen LogP contribution in [0.4, 0.5) is 0 Å². The van der Waals surface area contributed by atoms with E-state index in [1.54, 1.807) is 7.11 Å². The van der Waals surface area contributed by atoms with Crippen molar-refractivity contribution in [2.24, 2.45) is 5.92 Å². The van der Waals surface area contributed by atoms with Gasteiger partial charge in [-0.1, -0.05) is 18.2 Å². The van der Waals surface area contributed by atoms with Gasteiger partial charge in [0.05, 0.1) is 19.8 Å². The van der Waals surface area contributed by atoms with Crippen LogP contribution in [0.3, 0.4) is 0 Å². The first kappa shape index (κ1) is 16.1. The van der Waals surface area contributed by atoms with E-state index < -0.39 is 6.04 Å². The molecular weight excluding hydrogens is 280 g/mol. The standard InChI is InChI=1S/C17H20N2O3/c1-12(14-5-3-4-6-16(14)21-2)9-17(20)19-15(10-18)13-7-8-22-11-13/h3-6,9,13,15H,7-8,11H2,1-2H3,(H,19,20)/b12-9+/t13-,15+/m0/s1. The summed E-state index contributed by atoms with van der Waals surface area (Å²) in [5.41, 5.74) is 1.65. The Bertz CT molecular complexity index is 598. The van der Waals surface area contributed by atoms with Crippen molar-refractivity contribution < 1.29 is 14.3 Å². The number of rotatable bonds is 5. The van der Waals surface area contributed by atoms with Gasteiger partial charge in [0.2, 0.25) is 5.91 Å². The Balaban J connectivity index is 2.07. The molecular formula is C17H20N2O3. The predicted molar refractivity (Wildman–Crippen MR) is 83.1 cm³/mol. The molecule has 1 aliphatic rings. The van der Waals surface area contributed by atoms with Crippen LogP contribution in [0, 0.1) is 17.2 Å². The lowest BCUT2D eigenvalue weighted by Gasteiger charge is -2.16. The fraction of sp³-hybridized carbons (Fsp3) is 0.412. The second-order valence-corrected chi connectivity index (χ2v) is 5.27. The Morgan fingerprint density at radius 1 is 1.55 bits per heavy atom. The molecule has 1 aliphatic heterocycles. The summed E-state index contributed by atoms with van der Waals surface area (Å²) in [7, 11) is 1.60. The number of methoxy groups -OCH3 is 1. The van der Waals surface area contributed by atoms with E-state index in [0.29, 0.717) is 19.0 Å². The molecule has 1 aromatic carbocycles. The quantitative estimate of drug-likeness (QED) is 0.846. The smallest absolute Gasteiger partial charge is 0.245 e. The Morgan fingerprint density at radius 2 is 2.32 bits per heavy atom. The van der Waals surface area contributed by atoms with Crippen molar-refractivity contribution in [3.05, 3.63) is 35.9 Å². The highest BCUT2D eigenvalue weighted by molar-refractivity contribution is 5.95. The van der Waals surface area contributed by atoms with Crippen molar-refractivity contribution in [2.45, 2.75) is 19.4 Å². The number of para-hydroxylation sites is 1. The molecule has 5 heteroatoms. The van der Waals surface area contributed by atoms with Gasteiger partial charge in [0.25, 0.3) is 0 Å². The van der Waals surface area contributed by atoms with Gasteiger partial charge in [0.1, 0.15) is 11.8 Å². The van der Waals surface area contributed by atoms with Crippen LogP contribution in [0.15, 0.2) is 30.3 Å². The minimum atomic E-state index is -0.517. The lowest BCUT2D eigenvalue weighted by molar-refractivity contribution is -0.117. The van der Waals surface area contributed by atoms with E-state index in [4.69, 9.17) is 9.47 Å². The molecule has 2 rings (SSSR count). The van der Waals surface area contributed by atoms with Crippen molar-refractivity contribution >= 4 is 11.5 Å². The average Bonchev–Trinajstić information content (AvgIpc) is 3.06. The molecule has 1 saturated heterocycles.